The van der Waals surface area contributed by atoms with Crippen LogP contribution in [0.25, 0.3) is 0 Å². The molecule has 3 heterocycles. The minimum Gasteiger partial charge on any atom is -0.458 e. The molecule has 0 aromatic heterocycles. The molecular weight excluding hydrogens is 746 g/mol. The Morgan fingerprint density at radius 1 is 0.983 bits per heavy atom. The molecule has 0 radical (unpaired) electrons. The van der Waals surface area contributed by atoms with Crippen LogP contribution in [-0.4, -0.2) is 141 Å². The van der Waals surface area contributed by atoms with Gasteiger partial charge in [0.2, 0.25) is 6.41 Å². The van der Waals surface area contributed by atoms with E-state index in [1.807, 2.05) is 59.8 Å². The number of cyclic esters (lactones) is 1. The van der Waals surface area contributed by atoms with Crippen LogP contribution in [0.5, 0.6) is 0 Å². The number of carbonyl (C=O) groups is 2. The summed E-state index contributed by atoms with van der Waals surface area (Å²) in [6.07, 6.45) is 11.9. The molecule has 0 aromatic carbocycles. The van der Waals surface area contributed by atoms with Crippen molar-refractivity contribution in [3.05, 3.63) is 48.2 Å². The van der Waals surface area contributed by atoms with Crippen LogP contribution in [0, 0.1) is 29.6 Å². The lowest BCUT2D eigenvalue weighted by Gasteiger charge is -2.39. The molecule has 1 amide bonds. The summed E-state index contributed by atoms with van der Waals surface area (Å²) < 4.78 is 43.0. The third kappa shape index (κ3) is 14.1. The standard InChI is InChI=1S/C45H75NO12/c1-28-15-18-34(48)23-35-13-12-14-36(57-35)24-39(53-9)45(26-56-45)40(54-10)25-38(52-8)32(5)44(58-41(50)20-16-28)33(6)42(51)29(2)17-19-37(49)31(4)43(55-11)30(3)21-22-46(7)27-47/h12-13,15-16,20-22,27,29-40,42-44,48-49,51H,14,17-19,23-26H2,1-11H3/b20-16?,22-21+,28-15+/t29-,30+,31-,32-,33-,34?,35?,36-,37?,38+,39-,40?,42?,43+,44?,45-/m0/s1. The molecule has 1 fully saturated rings. The number of hydrogen-bond acceptors (Lipinski definition) is 12. The summed E-state index contributed by atoms with van der Waals surface area (Å²) in [7, 11) is 8.21. The SMILES string of the molecule is COC1C[C@@H](OC)[C@H](C)C([C@@H](C)C(O)[C@@H](C)CCC(O)[C@H](C)[C@H](OC)[C@H](C)/C=C/N(C)C=O)OC(=O)C=C/C(C)=C/CC(O)CC2C=CC[C@@H](C[C@H](OC)[C@@]13CO3)O2. The van der Waals surface area contributed by atoms with Gasteiger partial charge in [0, 0.05) is 90.7 Å². The number of methoxy groups -OCH3 is 4. The lowest BCUT2D eigenvalue weighted by molar-refractivity contribution is -0.159. The molecular formula is C45H75NO12. The van der Waals surface area contributed by atoms with Crippen molar-refractivity contribution in [2.24, 2.45) is 29.6 Å². The average Bonchev–Trinajstić information content (AvgIpc) is 4.02. The number of aliphatic hydroxyl groups excluding tert-OH is 3. The first-order valence-electron chi connectivity index (χ1n) is 21.1. The molecule has 0 aliphatic carbocycles. The van der Waals surface area contributed by atoms with E-state index < -0.39 is 54.1 Å². The molecule has 16 atom stereocenters. The fraction of sp³-hybridized carbons (Fsp3) is 0.778. The van der Waals surface area contributed by atoms with Gasteiger partial charge in [0.25, 0.3) is 0 Å². The van der Waals surface area contributed by atoms with Crippen LogP contribution in [0.1, 0.15) is 86.5 Å². The number of fused-ring (bicyclic) bond motifs is 2. The number of hydrogen-bond donors (Lipinski definition) is 3. The van der Waals surface area contributed by atoms with Crippen molar-refractivity contribution in [3.8, 4) is 0 Å². The maximum absolute atomic E-state index is 13.5. The zero-order valence-corrected chi connectivity index (χ0v) is 36.9. The molecule has 1 saturated heterocycles. The van der Waals surface area contributed by atoms with Crippen LogP contribution in [0.2, 0.25) is 0 Å². The number of allylic oxidation sites excluding steroid dienone is 2. The highest BCUT2D eigenvalue weighted by molar-refractivity contribution is 5.82. The molecule has 58 heavy (non-hydrogen) atoms. The summed E-state index contributed by atoms with van der Waals surface area (Å²) in [4.78, 5) is 26.0. The van der Waals surface area contributed by atoms with Crippen LogP contribution in [-0.2, 0) is 42.7 Å². The summed E-state index contributed by atoms with van der Waals surface area (Å²) in [6.45, 7) is 12.0. The summed E-state index contributed by atoms with van der Waals surface area (Å²) in [5.41, 5.74) is 0.0593. The molecule has 13 heteroatoms. The van der Waals surface area contributed by atoms with Crippen LogP contribution in [0.3, 0.4) is 0 Å². The van der Waals surface area contributed by atoms with E-state index in [4.69, 9.17) is 33.2 Å². The average molecular weight is 822 g/mol. The quantitative estimate of drug-likeness (QED) is 0.0812. The Balaban J connectivity index is 1.86. The van der Waals surface area contributed by atoms with E-state index in [9.17, 15) is 24.9 Å². The van der Waals surface area contributed by atoms with Crippen molar-refractivity contribution < 1.29 is 58.1 Å². The van der Waals surface area contributed by atoms with Crippen LogP contribution < -0.4 is 0 Å². The first-order valence-corrected chi connectivity index (χ1v) is 21.1. The molecule has 1 spiro atoms. The van der Waals surface area contributed by atoms with Crippen molar-refractivity contribution in [3.63, 3.8) is 0 Å². The molecule has 3 aliphatic rings. The molecule has 13 nitrogen and oxygen atoms in total. The molecule has 3 N–H and O–H groups in total. The van der Waals surface area contributed by atoms with Gasteiger partial charge < -0.3 is 53.4 Å². The normalized spacial score (nSPS) is 34.9. The van der Waals surface area contributed by atoms with Crippen LogP contribution in [0.4, 0.5) is 0 Å². The van der Waals surface area contributed by atoms with Crippen molar-refractivity contribution in [1.82, 2.24) is 4.90 Å². The number of ether oxygens (including phenoxy) is 7. The highest BCUT2D eigenvalue weighted by Crippen LogP contribution is 2.43. The molecule has 0 saturated carbocycles. The van der Waals surface area contributed by atoms with Gasteiger partial charge in [-0.2, -0.15) is 0 Å². The van der Waals surface area contributed by atoms with E-state index in [1.54, 1.807) is 47.8 Å². The van der Waals surface area contributed by atoms with E-state index in [0.717, 1.165) is 18.4 Å². The highest BCUT2D eigenvalue weighted by Gasteiger charge is 2.59. The molecule has 0 aromatic rings. The number of epoxide rings is 1. The van der Waals surface area contributed by atoms with Gasteiger partial charge in [0.05, 0.1) is 61.5 Å². The molecule has 6 unspecified atom stereocenters. The zero-order valence-electron chi connectivity index (χ0n) is 36.9. The topological polar surface area (TPSA) is 166 Å². The fourth-order valence-electron chi connectivity index (χ4n) is 8.80. The Labute approximate surface area is 347 Å². The molecule has 3 rings (SSSR count). The third-order valence-electron chi connectivity index (χ3n) is 12.8. The summed E-state index contributed by atoms with van der Waals surface area (Å²) in [6, 6.07) is 0. The van der Waals surface area contributed by atoms with E-state index in [0.29, 0.717) is 45.1 Å². The largest absolute Gasteiger partial charge is 0.458 e. The summed E-state index contributed by atoms with van der Waals surface area (Å²) >= 11 is 0. The second-order valence-corrected chi connectivity index (χ2v) is 17.1. The predicted octanol–water partition coefficient (Wildman–Crippen LogP) is 5.16. The van der Waals surface area contributed by atoms with Crippen molar-refractivity contribution in [2.45, 2.75) is 153 Å². The van der Waals surface area contributed by atoms with E-state index in [1.165, 1.54) is 11.0 Å². The summed E-state index contributed by atoms with van der Waals surface area (Å²) in [5, 5.41) is 34.0. The van der Waals surface area contributed by atoms with Crippen LogP contribution in [0.15, 0.2) is 48.2 Å². The Morgan fingerprint density at radius 3 is 2.26 bits per heavy atom. The highest BCUT2D eigenvalue weighted by atomic mass is 16.6. The van der Waals surface area contributed by atoms with Crippen LogP contribution >= 0.6 is 0 Å². The maximum Gasteiger partial charge on any atom is 0.331 e. The number of rotatable bonds is 16. The first-order chi connectivity index (χ1) is 27.5. The molecule has 332 valence electrons. The second-order valence-electron chi connectivity index (χ2n) is 17.1. The minimum absolute atomic E-state index is 0.0676. The van der Waals surface area contributed by atoms with Crippen molar-refractivity contribution in [1.29, 1.82) is 0 Å². The lowest BCUT2D eigenvalue weighted by atomic mass is 9.78. The van der Waals surface area contributed by atoms with Gasteiger partial charge in [-0.05, 0) is 38.5 Å². The van der Waals surface area contributed by atoms with Gasteiger partial charge in [-0.25, -0.2) is 4.79 Å². The number of carbonyl (C=O) groups excluding carboxylic acids is 2. The predicted molar refractivity (Wildman–Crippen MR) is 222 cm³/mol. The van der Waals surface area contributed by atoms with Gasteiger partial charge in [-0.3, -0.25) is 4.79 Å². The Bertz CT molecular complexity index is 1360. The van der Waals surface area contributed by atoms with E-state index in [2.05, 4.69) is 6.08 Å². The van der Waals surface area contributed by atoms with Gasteiger partial charge in [-0.15, -0.1) is 0 Å². The Morgan fingerprint density at radius 2 is 1.66 bits per heavy atom. The maximum atomic E-state index is 13.5. The number of nitrogens with zero attached hydrogens (tertiary/aromatic N) is 1. The Hall–Kier alpha value is -2.46. The van der Waals surface area contributed by atoms with Gasteiger partial charge in [-0.1, -0.05) is 70.6 Å². The van der Waals surface area contributed by atoms with Gasteiger partial charge in [0.15, 0.2) is 0 Å². The summed E-state index contributed by atoms with van der Waals surface area (Å²) in [5.74, 6) is -2.02. The monoisotopic (exact) mass is 822 g/mol. The van der Waals surface area contributed by atoms with Crippen molar-refractivity contribution in [2.75, 3.05) is 42.1 Å². The molecule has 2 bridgehead atoms. The first kappa shape index (κ1) is 49.9. The van der Waals surface area contributed by atoms with E-state index in [-0.39, 0.29) is 48.1 Å². The lowest BCUT2D eigenvalue weighted by Crippen LogP contribution is -2.50. The van der Waals surface area contributed by atoms with Gasteiger partial charge >= 0.3 is 5.97 Å². The minimum atomic E-state index is -0.889. The van der Waals surface area contributed by atoms with Crippen molar-refractivity contribution >= 4 is 12.4 Å². The number of amides is 1. The van der Waals surface area contributed by atoms with Gasteiger partial charge in [0.1, 0.15) is 11.7 Å². The van der Waals surface area contributed by atoms with E-state index >= 15 is 0 Å². The third-order valence-corrected chi connectivity index (χ3v) is 12.8. The zero-order chi connectivity index (χ0) is 43.2. The fourth-order valence-corrected chi connectivity index (χ4v) is 8.80. The smallest absolute Gasteiger partial charge is 0.331 e. The molecule has 3 aliphatic heterocycles. The second kappa shape index (κ2) is 24.1. The number of aliphatic hydroxyl groups is 3. The Kier molecular flexibility index (Phi) is 20.7. The number of esters is 1.